The highest BCUT2D eigenvalue weighted by Crippen LogP contribution is 2.23. The molecule has 0 unspecified atom stereocenters. The molecular formula is C16H26N4O3. The second kappa shape index (κ2) is 7.02. The highest BCUT2D eigenvalue weighted by Gasteiger charge is 2.29. The lowest BCUT2D eigenvalue weighted by atomic mass is 9.94. The van der Waals surface area contributed by atoms with Gasteiger partial charge in [-0.2, -0.15) is 9.97 Å². The number of carbonyl (C=O) groups excluding carboxylic acids is 1. The van der Waals surface area contributed by atoms with Gasteiger partial charge >= 0.3 is 0 Å². The Labute approximate surface area is 137 Å². The molecule has 0 spiro atoms. The molecule has 0 N–H and O–H groups in total. The number of amides is 1. The second-order valence-corrected chi connectivity index (χ2v) is 6.64. The van der Waals surface area contributed by atoms with Gasteiger partial charge in [-0.05, 0) is 6.42 Å². The van der Waals surface area contributed by atoms with Crippen LogP contribution in [0.15, 0.2) is 6.07 Å². The fourth-order valence-electron chi connectivity index (χ4n) is 2.54. The Balaban J connectivity index is 2.13. The number of hydrogen-bond donors (Lipinski definition) is 0. The molecule has 1 amide bonds. The fraction of sp³-hybridized carbons (Fsp3) is 0.688. The summed E-state index contributed by atoms with van der Waals surface area (Å²) in [5.74, 6) is 1.70. The molecule has 0 radical (unpaired) electrons. The molecular weight excluding hydrogens is 296 g/mol. The molecule has 1 aliphatic heterocycles. The summed E-state index contributed by atoms with van der Waals surface area (Å²) in [4.78, 5) is 25.2. The van der Waals surface area contributed by atoms with Crippen molar-refractivity contribution in [1.82, 2.24) is 14.9 Å². The number of rotatable bonds is 3. The van der Waals surface area contributed by atoms with Gasteiger partial charge in [0, 0.05) is 31.6 Å². The zero-order valence-corrected chi connectivity index (χ0v) is 14.6. The predicted molar refractivity (Wildman–Crippen MR) is 88.0 cm³/mol. The SMILES string of the molecule is COc1cc(OC)nc(N2CCCN(C(=O)C(C)(C)C)CC2)n1. The van der Waals surface area contributed by atoms with Crippen LogP contribution in [0.3, 0.4) is 0 Å². The number of methoxy groups -OCH3 is 2. The molecule has 2 heterocycles. The Hall–Kier alpha value is -2.05. The van der Waals surface area contributed by atoms with Gasteiger partial charge in [0.05, 0.1) is 20.3 Å². The molecule has 0 aromatic carbocycles. The van der Waals surface area contributed by atoms with Crippen molar-refractivity contribution in [3.63, 3.8) is 0 Å². The maximum absolute atomic E-state index is 12.5. The quantitative estimate of drug-likeness (QED) is 0.841. The third kappa shape index (κ3) is 4.24. The van der Waals surface area contributed by atoms with Gasteiger partial charge in [0.2, 0.25) is 23.6 Å². The van der Waals surface area contributed by atoms with Crippen LogP contribution in [0.2, 0.25) is 0 Å². The highest BCUT2D eigenvalue weighted by atomic mass is 16.5. The van der Waals surface area contributed by atoms with Crippen molar-refractivity contribution >= 4 is 11.9 Å². The molecule has 7 heteroatoms. The fourth-order valence-corrected chi connectivity index (χ4v) is 2.54. The van der Waals surface area contributed by atoms with Crippen LogP contribution in [0.25, 0.3) is 0 Å². The number of hydrogen-bond acceptors (Lipinski definition) is 6. The minimum Gasteiger partial charge on any atom is -0.481 e. The van der Waals surface area contributed by atoms with Gasteiger partial charge in [0.1, 0.15) is 0 Å². The zero-order chi connectivity index (χ0) is 17.0. The Morgan fingerprint density at radius 3 is 2.17 bits per heavy atom. The first-order chi connectivity index (χ1) is 10.8. The average molecular weight is 322 g/mol. The van der Waals surface area contributed by atoms with Crippen molar-refractivity contribution in [2.45, 2.75) is 27.2 Å². The average Bonchev–Trinajstić information content (AvgIpc) is 2.78. The molecule has 1 aromatic rings. The lowest BCUT2D eigenvalue weighted by molar-refractivity contribution is -0.139. The van der Waals surface area contributed by atoms with Gasteiger partial charge in [0.25, 0.3) is 0 Å². The summed E-state index contributed by atoms with van der Waals surface area (Å²) >= 11 is 0. The summed E-state index contributed by atoms with van der Waals surface area (Å²) in [6.07, 6.45) is 0.880. The van der Waals surface area contributed by atoms with Crippen LogP contribution < -0.4 is 14.4 Å². The van der Waals surface area contributed by atoms with Crippen LogP contribution in [-0.4, -0.2) is 61.2 Å². The van der Waals surface area contributed by atoms with E-state index in [1.807, 2.05) is 25.7 Å². The minimum absolute atomic E-state index is 0.184. The summed E-state index contributed by atoms with van der Waals surface area (Å²) < 4.78 is 10.4. The van der Waals surface area contributed by atoms with Crippen LogP contribution in [0.5, 0.6) is 11.8 Å². The van der Waals surface area contributed by atoms with E-state index in [9.17, 15) is 4.79 Å². The van der Waals surface area contributed by atoms with Crippen molar-refractivity contribution in [1.29, 1.82) is 0 Å². The molecule has 0 bridgehead atoms. The normalized spacial score (nSPS) is 16.0. The zero-order valence-electron chi connectivity index (χ0n) is 14.6. The summed E-state index contributed by atoms with van der Waals surface area (Å²) in [7, 11) is 3.13. The number of aromatic nitrogens is 2. The van der Waals surface area contributed by atoms with E-state index in [4.69, 9.17) is 9.47 Å². The number of nitrogens with zero attached hydrogens (tertiary/aromatic N) is 4. The molecule has 1 fully saturated rings. The molecule has 128 valence electrons. The van der Waals surface area contributed by atoms with Crippen LogP contribution in [-0.2, 0) is 4.79 Å². The lowest BCUT2D eigenvalue weighted by Crippen LogP contribution is -2.41. The van der Waals surface area contributed by atoms with E-state index in [0.29, 0.717) is 30.8 Å². The van der Waals surface area contributed by atoms with E-state index in [1.165, 1.54) is 0 Å². The number of anilines is 1. The van der Waals surface area contributed by atoms with E-state index in [0.717, 1.165) is 19.5 Å². The van der Waals surface area contributed by atoms with E-state index in [1.54, 1.807) is 20.3 Å². The number of ether oxygens (including phenoxy) is 2. The second-order valence-electron chi connectivity index (χ2n) is 6.64. The van der Waals surface area contributed by atoms with Crippen molar-refractivity contribution in [3.05, 3.63) is 6.07 Å². The standard InChI is InChI=1S/C16H26N4O3/c1-16(2,3)14(21)19-7-6-8-20(10-9-19)15-17-12(22-4)11-13(18-15)23-5/h11H,6-10H2,1-5H3. The van der Waals surface area contributed by atoms with E-state index < -0.39 is 0 Å². The van der Waals surface area contributed by atoms with E-state index in [-0.39, 0.29) is 11.3 Å². The van der Waals surface area contributed by atoms with E-state index in [2.05, 4.69) is 14.9 Å². The summed E-state index contributed by atoms with van der Waals surface area (Å²) in [5, 5.41) is 0. The van der Waals surface area contributed by atoms with Gasteiger partial charge < -0.3 is 19.3 Å². The van der Waals surface area contributed by atoms with Crippen molar-refractivity contribution in [2.75, 3.05) is 45.3 Å². The monoisotopic (exact) mass is 322 g/mol. The maximum atomic E-state index is 12.5. The first-order valence-electron chi connectivity index (χ1n) is 7.86. The van der Waals surface area contributed by atoms with Crippen LogP contribution in [0, 0.1) is 5.41 Å². The number of carbonyl (C=O) groups is 1. The summed E-state index contributed by atoms with van der Waals surface area (Å²) in [6.45, 7) is 8.77. The molecule has 7 nitrogen and oxygen atoms in total. The smallest absolute Gasteiger partial charge is 0.232 e. The van der Waals surface area contributed by atoms with E-state index >= 15 is 0 Å². The van der Waals surface area contributed by atoms with Crippen LogP contribution in [0.4, 0.5) is 5.95 Å². The largest absolute Gasteiger partial charge is 0.481 e. The molecule has 2 rings (SSSR count). The van der Waals surface area contributed by atoms with Gasteiger partial charge in [0.15, 0.2) is 0 Å². The van der Waals surface area contributed by atoms with Gasteiger partial charge in [-0.1, -0.05) is 20.8 Å². The molecule has 1 aromatic heterocycles. The predicted octanol–water partition coefficient (Wildman–Crippen LogP) is 1.58. The first kappa shape index (κ1) is 17.3. The Morgan fingerprint density at radius 2 is 1.65 bits per heavy atom. The molecule has 23 heavy (non-hydrogen) atoms. The minimum atomic E-state index is -0.356. The topological polar surface area (TPSA) is 67.8 Å². The maximum Gasteiger partial charge on any atom is 0.232 e. The van der Waals surface area contributed by atoms with Crippen LogP contribution in [0.1, 0.15) is 27.2 Å². The Kier molecular flexibility index (Phi) is 5.28. The first-order valence-corrected chi connectivity index (χ1v) is 7.86. The lowest BCUT2D eigenvalue weighted by Gasteiger charge is -2.28. The van der Waals surface area contributed by atoms with Crippen molar-refractivity contribution < 1.29 is 14.3 Å². The molecule has 0 atom stereocenters. The Bertz CT molecular complexity index is 534. The van der Waals surface area contributed by atoms with Gasteiger partial charge in [-0.3, -0.25) is 4.79 Å². The summed E-state index contributed by atoms with van der Waals surface area (Å²) in [5.41, 5.74) is -0.356. The Morgan fingerprint density at radius 1 is 1.04 bits per heavy atom. The van der Waals surface area contributed by atoms with Gasteiger partial charge in [-0.25, -0.2) is 0 Å². The molecule has 0 saturated carbocycles. The third-order valence-corrected chi connectivity index (χ3v) is 3.79. The molecule has 0 aliphatic carbocycles. The van der Waals surface area contributed by atoms with Crippen molar-refractivity contribution in [3.8, 4) is 11.8 Å². The highest BCUT2D eigenvalue weighted by molar-refractivity contribution is 5.81. The summed E-state index contributed by atoms with van der Waals surface area (Å²) in [6, 6.07) is 1.65. The van der Waals surface area contributed by atoms with Crippen LogP contribution >= 0.6 is 0 Å². The van der Waals surface area contributed by atoms with Crippen molar-refractivity contribution in [2.24, 2.45) is 5.41 Å². The molecule has 1 saturated heterocycles. The third-order valence-electron chi connectivity index (χ3n) is 3.79. The molecule has 1 aliphatic rings. The van der Waals surface area contributed by atoms with Gasteiger partial charge in [-0.15, -0.1) is 0 Å².